The molecule has 0 aliphatic carbocycles. The van der Waals surface area contributed by atoms with E-state index in [-0.39, 0.29) is 5.60 Å². The van der Waals surface area contributed by atoms with Crippen LogP contribution in [0.5, 0.6) is 0 Å². The highest BCUT2D eigenvalue weighted by Crippen LogP contribution is 2.07. The Balaban J connectivity index is 0.000000293. The van der Waals surface area contributed by atoms with Gasteiger partial charge in [-0.05, 0) is 66.2 Å². The molecule has 0 radical (unpaired) electrons. The van der Waals surface area contributed by atoms with Gasteiger partial charge < -0.3 is 15.4 Å². The summed E-state index contributed by atoms with van der Waals surface area (Å²) < 4.78 is 4.55. The first-order valence-electron chi connectivity index (χ1n) is 5.96. The predicted octanol–water partition coefficient (Wildman–Crippen LogP) is 1.16. The van der Waals surface area contributed by atoms with Gasteiger partial charge in [-0.2, -0.15) is 0 Å². The van der Waals surface area contributed by atoms with Crippen LogP contribution in [-0.4, -0.2) is 38.8 Å². The second-order valence-corrected chi connectivity index (χ2v) is 5.10. The Labute approximate surface area is 99.1 Å². The number of hydrogen-bond donors (Lipinski definition) is 2. The summed E-state index contributed by atoms with van der Waals surface area (Å²) in [4.78, 5) is 9.60. The number of piperidine rings is 1. The predicted molar refractivity (Wildman–Crippen MR) is 66.4 cm³/mol. The minimum absolute atomic E-state index is 0.318. The second-order valence-electron chi connectivity index (χ2n) is 5.10. The van der Waals surface area contributed by atoms with E-state index in [2.05, 4.69) is 15.4 Å². The molecule has 1 atom stereocenters. The van der Waals surface area contributed by atoms with Crippen molar-refractivity contribution in [1.29, 1.82) is 0 Å². The zero-order valence-corrected chi connectivity index (χ0v) is 11.0. The molecule has 1 heterocycles. The molecule has 0 saturated carbocycles. The third-order valence-electron chi connectivity index (χ3n) is 2.29. The van der Waals surface area contributed by atoms with Crippen LogP contribution in [0.4, 0.5) is 0 Å². The second kappa shape index (κ2) is 8.53. The fourth-order valence-electron chi connectivity index (χ4n) is 1.53. The molecule has 1 aliphatic heterocycles. The summed E-state index contributed by atoms with van der Waals surface area (Å²) in [6.45, 7) is 9.53. The third-order valence-corrected chi connectivity index (χ3v) is 2.29. The molecule has 1 rings (SSSR count). The van der Waals surface area contributed by atoms with Crippen molar-refractivity contribution in [3.63, 3.8) is 0 Å². The lowest BCUT2D eigenvalue weighted by atomic mass is 10.00. The van der Waals surface area contributed by atoms with Crippen molar-refractivity contribution in [3.8, 4) is 0 Å². The largest absolute Gasteiger partial charge is 0.462 e. The highest BCUT2D eigenvalue weighted by molar-refractivity contribution is 5.37. The molecule has 2 N–H and O–H groups in total. The SMILES string of the molecule is CC(C)(C)OC=O.CNC[C@H]1CCCNC1. The van der Waals surface area contributed by atoms with Crippen molar-refractivity contribution in [3.05, 3.63) is 0 Å². The summed E-state index contributed by atoms with van der Waals surface area (Å²) in [5.41, 5.74) is -0.318. The summed E-state index contributed by atoms with van der Waals surface area (Å²) >= 11 is 0. The average molecular weight is 230 g/mol. The Hall–Kier alpha value is -0.610. The lowest BCUT2D eigenvalue weighted by molar-refractivity contribution is -0.138. The number of hydrogen-bond acceptors (Lipinski definition) is 4. The van der Waals surface area contributed by atoms with Gasteiger partial charge in [0.05, 0.1) is 0 Å². The molecule has 0 aromatic carbocycles. The van der Waals surface area contributed by atoms with E-state index in [9.17, 15) is 4.79 Å². The van der Waals surface area contributed by atoms with Crippen LogP contribution in [-0.2, 0) is 9.53 Å². The molecule has 0 amide bonds. The first-order valence-corrected chi connectivity index (χ1v) is 5.96. The van der Waals surface area contributed by atoms with Crippen LogP contribution >= 0.6 is 0 Å². The van der Waals surface area contributed by atoms with Gasteiger partial charge in [0, 0.05) is 0 Å². The average Bonchev–Trinajstić information content (AvgIpc) is 2.19. The Bertz CT molecular complexity index is 170. The molecule has 1 saturated heterocycles. The summed E-state index contributed by atoms with van der Waals surface area (Å²) in [7, 11) is 2.02. The zero-order chi connectivity index (χ0) is 12.4. The number of carbonyl (C=O) groups excluding carboxylic acids is 1. The quantitative estimate of drug-likeness (QED) is 0.714. The number of nitrogens with one attached hydrogen (secondary N) is 2. The van der Waals surface area contributed by atoms with E-state index in [4.69, 9.17) is 0 Å². The third kappa shape index (κ3) is 9.93. The molecule has 0 aromatic rings. The van der Waals surface area contributed by atoms with Crippen LogP contribution in [0.1, 0.15) is 33.6 Å². The van der Waals surface area contributed by atoms with Crippen molar-refractivity contribution in [2.45, 2.75) is 39.2 Å². The molecule has 4 heteroatoms. The van der Waals surface area contributed by atoms with Gasteiger partial charge >= 0.3 is 0 Å². The van der Waals surface area contributed by atoms with E-state index in [1.54, 1.807) is 0 Å². The van der Waals surface area contributed by atoms with Gasteiger partial charge in [-0.15, -0.1) is 0 Å². The van der Waals surface area contributed by atoms with Crippen molar-refractivity contribution in [2.75, 3.05) is 26.7 Å². The molecule has 1 fully saturated rings. The molecule has 0 spiro atoms. The van der Waals surface area contributed by atoms with E-state index in [1.807, 2.05) is 27.8 Å². The Kier molecular flexibility index (Phi) is 8.21. The van der Waals surface area contributed by atoms with Crippen molar-refractivity contribution in [1.82, 2.24) is 10.6 Å². The van der Waals surface area contributed by atoms with Crippen molar-refractivity contribution in [2.24, 2.45) is 5.92 Å². The standard InChI is InChI=1S/C7H16N2.C5H10O2/c1-8-5-7-3-2-4-9-6-7;1-5(2,3)7-4-6/h7-9H,2-6H2,1H3;4H,1-3H3/t7-;/m1./s1. The van der Waals surface area contributed by atoms with Crippen LogP contribution in [0.25, 0.3) is 0 Å². The number of ether oxygens (including phenoxy) is 1. The van der Waals surface area contributed by atoms with Crippen molar-refractivity contribution < 1.29 is 9.53 Å². The molecular formula is C12H26N2O2. The summed E-state index contributed by atoms with van der Waals surface area (Å²) in [5.74, 6) is 0.878. The molecule has 4 nitrogen and oxygen atoms in total. The molecule has 96 valence electrons. The Morgan fingerprint density at radius 2 is 2.19 bits per heavy atom. The van der Waals surface area contributed by atoms with E-state index in [0.29, 0.717) is 6.47 Å². The van der Waals surface area contributed by atoms with Gasteiger partial charge in [0.1, 0.15) is 5.60 Å². The lowest BCUT2D eigenvalue weighted by Gasteiger charge is -2.21. The Morgan fingerprint density at radius 1 is 1.50 bits per heavy atom. The smallest absolute Gasteiger partial charge is 0.293 e. The minimum Gasteiger partial charge on any atom is -0.462 e. The lowest BCUT2D eigenvalue weighted by Crippen LogP contribution is -2.34. The van der Waals surface area contributed by atoms with Gasteiger partial charge in [-0.1, -0.05) is 0 Å². The van der Waals surface area contributed by atoms with Gasteiger partial charge in [0.15, 0.2) is 0 Å². The van der Waals surface area contributed by atoms with E-state index in [0.717, 1.165) is 5.92 Å². The summed E-state index contributed by atoms with van der Waals surface area (Å²) in [6, 6.07) is 0. The van der Waals surface area contributed by atoms with Gasteiger partial charge in [0.2, 0.25) is 0 Å². The molecule has 0 bridgehead atoms. The van der Waals surface area contributed by atoms with Crippen LogP contribution < -0.4 is 10.6 Å². The minimum atomic E-state index is -0.318. The first-order chi connectivity index (χ1) is 7.49. The van der Waals surface area contributed by atoms with Crippen LogP contribution in [0, 0.1) is 5.92 Å². The maximum absolute atomic E-state index is 9.60. The fourth-order valence-corrected chi connectivity index (χ4v) is 1.53. The van der Waals surface area contributed by atoms with E-state index >= 15 is 0 Å². The van der Waals surface area contributed by atoms with Gasteiger partial charge in [-0.25, -0.2) is 0 Å². The topological polar surface area (TPSA) is 50.4 Å². The number of rotatable bonds is 3. The first kappa shape index (κ1) is 15.4. The maximum Gasteiger partial charge on any atom is 0.293 e. The van der Waals surface area contributed by atoms with E-state index in [1.165, 1.54) is 32.5 Å². The van der Waals surface area contributed by atoms with Gasteiger partial charge in [-0.3, -0.25) is 4.79 Å². The van der Waals surface area contributed by atoms with Crippen molar-refractivity contribution >= 4 is 6.47 Å². The molecule has 1 aliphatic rings. The fraction of sp³-hybridized carbons (Fsp3) is 0.917. The van der Waals surface area contributed by atoms with Gasteiger partial charge in [0.25, 0.3) is 6.47 Å². The summed E-state index contributed by atoms with van der Waals surface area (Å²) in [6.07, 6.45) is 2.75. The highest BCUT2D eigenvalue weighted by atomic mass is 16.5. The molecule has 0 aromatic heterocycles. The maximum atomic E-state index is 9.60. The molecular weight excluding hydrogens is 204 g/mol. The van der Waals surface area contributed by atoms with Crippen LogP contribution in [0.2, 0.25) is 0 Å². The monoisotopic (exact) mass is 230 g/mol. The molecule has 16 heavy (non-hydrogen) atoms. The Morgan fingerprint density at radius 3 is 2.50 bits per heavy atom. The molecule has 0 unspecified atom stereocenters. The highest BCUT2D eigenvalue weighted by Gasteiger charge is 2.10. The summed E-state index contributed by atoms with van der Waals surface area (Å²) in [5, 5.41) is 6.58. The van der Waals surface area contributed by atoms with Crippen LogP contribution in [0.3, 0.4) is 0 Å². The number of carbonyl (C=O) groups is 1. The normalized spacial score (nSPS) is 20.6. The zero-order valence-electron chi connectivity index (χ0n) is 11.0. The van der Waals surface area contributed by atoms with Crippen LogP contribution in [0.15, 0.2) is 0 Å². The van der Waals surface area contributed by atoms with E-state index < -0.39 is 0 Å².